The first-order chi connectivity index (χ1) is 12.3. The van der Waals surface area contributed by atoms with Gasteiger partial charge in [0.05, 0.1) is 24.0 Å². The molecule has 4 aromatic rings. The van der Waals surface area contributed by atoms with E-state index >= 15 is 0 Å². The van der Waals surface area contributed by atoms with Crippen molar-refractivity contribution < 1.29 is 4.74 Å². The minimum atomic E-state index is 0.641. The summed E-state index contributed by atoms with van der Waals surface area (Å²) >= 11 is 0. The molecule has 25 heavy (non-hydrogen) atoms. The number of aromatic nitrogens is 4. The van der Waals surface area contributed by atoms with Gasteiger partial charge in [-0.25, -0.2) is 9.50 Å². The minimum Gasteiger partial charge on any atom is -0.383 e. The molecule has 0 saturated heterocycles. The zero-order valence-corrected chi connectivity index (χ0v) is 14.0. The van der Waals surface area contributed by atoms with Gasteiger partial charge < -0.3 is 10.1 Å². The van der Waals surface area contributed by atoms with Crippen molar-refractivity contribution in [1.82, 2.24) is 19.6 Å². The lowest BCUT2D eigenvalue weighted by atomic mass is 10.1. The number of hydrogen-bond donors (Lipinski definition) is 1. The molecular formula is C19H19N5O. The highest BCUT2D eigenvalue weighted by atomic mass is 16.5. The number of hydrogen-bond acceptors (Lipinski definition) is 5. The standard InChI is InChI=1S/C19H19N5O/c1-25-10-9-21-18-6-7-19-22-13-16(24(19)23-18)12-14-4-5-17-15(11-14)3-2-8-20-17/h2-8,11,13H,9-10,12H2,1H3,(H,21,23). The lowest BCUT2D eigenvalue weighted by molar-refractivity contribution is 0.210. The Morgan fingerprint density at radius 1 is 1.12 bits per heavy atom. The van der Waals surface area contributed by atoms with Crippen LogP contribution in [0, 0.1) is 0 Å². The van der Waals surface area contributed by atoms with Crippen LogP contribution in [-0.4, -0.2) is 39.8 Å². The highest BCUT2D eigenvalue weighted by Gasteiger charge is 2.07. The van der Waals surface area contributed by atoms with Crippen LogP contribution in [0.5, 0.6) is 0 Å². The quantitative estimate of drug-likeness (QED) is 0.550. The molecule has 126 valence electrons. The second-order valence-corrected chi connectivity index (χ2v) is 5.86. The van der Waals surface area contributed by atoms with Gasteiger partial charge in [0, 0.05) is 31.7 Å². The molecule has 0 amide bonds. The summed E-state index contributed by atoms with van der Waals surface area (Å²) in [5.74, 6) is 0.812. The smallest absolute Gasteiger partial charge is 0.153 e. The van der Waals surface area contributed by atoms with Crippen molar-refractivity contribution in [1.29, 1.82) is 0 Å². The van der Waals surface area contributed by atoms with Gasteiger partial charge in [0.15, 0.2) is 5.65 Å². The molecule has 6 nitrogen and oxygen atoms in total. The molecule has 0 bridgehead atoms. The molecule has 3 heterocycles. The number of pyridine rings is 1. The number of fused-ring (bicyclic) bond motifs is 2. The molecule has 0 fully saturated rings. The van der Waals surface area contributed by atoms with Gasteiger partial charge >= 0.3 is 0 Å². The van der Waals surface area contributed by atoms with Crippen LogP contribution >= 0.6 is 0 Å². The van der Waals surface area contributed by atoms with Crippen molar-refractivity contribution >= 4 is 22.4 Å². The van der Waals surface area contributed by atoms with Crippen LogP contribution in [0.1, 0.15) is 11.3 Å². The molecule has 0 radical (unpaired) electrons. The number of ether oxygens (including phenoxy) is 1. The Hall–Kier alpha value is -2.99. The van der Waals surface area contributed by atoms with Gasteiger partial charge in [0.1, 0.15) is 5.82 Å². The van der Waals surface area contributed by atoms with Crippen molar-refractivity contribution in [2.75, 3.05) is 25.6 Å². The maximum atomic E-state index is 5.06. The van der Waals surface area contributed by atoms with Crippen molar-refractivity contribution in [3.05, 3.63) is 66.1 Å². The molecule has 0 unspecified atom stereocenters. The Morgan fingerprint density at radius 2 is 2.08 bits per heavy atom. The molecular weight excluding hydrogens is 314 g/mol. The highest BCUT2D eigenvalue weighted by molar-refractivity contribution is 5.79. The normalized spacial score (nSPS) is 11.2. The van der Waals surface area contributed by atoms with E-state index in [2.05, 4.69) is 44.6 Å². The predicted molar refractivity (Wildman–Crippen MR) is 97.9 cm³/mol. The topological polar surface area (TPSA) is 64.3 Å². The van der Waals surface area contributed by atoms with E-state index in [1.807, 2.05) is 35.1 Å². The van der Waals surface area contributed by atoms with E-state index in [1.165, 1.54) is 5.56 Å². The summed E-state index contributed by atoms with van der Waals surface area (Å²) in [6, 6.07) is 14.3. The lowest BCUT2D eigenvalue weighted by Gasteiger charge is -2.07. The number of benzene rings is 1. The van der Waals surface area contributed by atoms with Crippen LogP contribution in [0.15, 0.2) is 54.9 Å². The number of nitrogens with one attached hydrogen (secondary N) is 1. The maximum Gasteiger partial charge on any atom is 0.153 e. The molecule has 6 heteroatoms. The van der Waals surface area contributed by atoms with Gasteiger partial charge in [-0.3, -0.25) is 4.98 Å². The summed E-state index contributed by atoms with van der Waals surface area (Å²) in [4.78, 5) is 8.82. The van der Waals surface area contributed by atoms with E-state index in [9.17, 15) is 0 Å². The van der Waals surface area contributed by atoms with Crippen molar-refractivity contribution in [2.24, 2.45) is 0 Å². The van der Waals surface area contributed by atoms with E-state index in [0.29, 0.717) is 6.61 Å². The van der Waals surface area contributed by atoms with E-state index in [-0.39, 0.29) is 0 Å². The minimum absolute atomic E-state index is 0.641. The van der Waals surface area contributed by atoms with Crippen LogP contribution in [0.4, 0.5) is 5.82 Å². The summed E-state index contributed by atoms with van der Waals surface area (Å²) in [5.41, 5.74) is 4.11. The summed E-state index contributed by atoms with van der Waals surface area (Å²) in [6.45, 7) is 1.36. The Labute approximate surface area is 145 Å². The second kappa shape index (κ2) is 6.86. The number of nitrogens with zero attached hydrogens (tertiary/aromatic N) is 4. The number of anilines is 1. The Balaban J connectivity index is 1.62. The molecule has 3 aromatic heterocycles. The third-order valence-electron chi connectivity index (χ3n) is 4.10. The van der Waals surface area contributed by atoms with Crippen LogP contribution in [0.2, 0.25) is 0 Å². The van der Waals surface area contributed by atoms with Gasteiger partial charge in [-0.15, -0.1) is 5.10 Å². The molecule has 0 atom stereocenters. The first kappa shape index (κ1) is 15.5. The molecule has 0 aliphatic carbocycles. The molecule has 0 aliphatic heterocycles. The molecule has 0 spiro atoms. The fourth-order valence-corrected chi connectivity index (χ4v) is 2.86. The largest absolute Gasteiger partial charge is 0.383 e. The van der Waals surface area contributed by atoms with E-state index in [4.69, 9.17) is 4.74 Å². The molecule has 0 aliphatic rings. The van der Waals surface area contributed by atoms with E-state index < -0.39 is 0 Å². The van der Waals surface area contributed by atoms with Crippen LogP contribution in [-0.2, 0) is 11.2 Å². The number of rotatable bonds is 6. The second-order valence-electron chi connectivity index (χ2n) is 5.86. The van der Waals surface area contributed by atoms with Crippen LogP contribution in [0.3, 0.4) is 0 Å². The number of imidazole rings is 1. The molecule has 1 N–H and O–H groups in total. The van der Waals surface area contributed by atoms with Crippen LogP contribution < -0.4 is 5.32 Å². The van der Waals surface area contributed by atoms with Gasteiger partial charge in [-0.2, -0.15) is 0 Å². The van der Waals surface area contributed by atoms with Gasteiger partial charge in [-0.05, 0) is 35.9 Å². The maximum absolute atomic E-state index is 5.06. The molecule has 1 aromatic carbocycles. The predicted octanol–water partition coefficient (Wildman–Crippen LogP) is 2.93. The lowest BCUT2D eigenvalue weighted by Crippen LogP contribution is -2.10. The molecule has 4 rings (SSSR count). The molecule has 0 saturated carbocycles. The van der Waals surface area contributed by atoms with Gasteiger partial charge in [0.25, 0.3) is 0 Å². The fourth-order valence-electron chi connectivity index (χ4n) is 2.86. The SMILES string of the molecule is COCCNc1ccc2ncc(Cc3ccc4ncccc4c3)n2n1. The summed E-state index contributed by atoms with van der Waals surface area (Å²) < 4.78 is 6.95. The zero-order chi connectivity index (χ0) is 17.1. The first-order valence-electron chi connectivity index (χ1n) is 8.23. The van der Waals surface area contributed by atoms with Crippen molar-refractivity contribution in [3.63, 3.8) is 0 Å². The summed E-state index contributed by atoms with van der Waals surface area (Å²) in [5, 5.41) is 9.03. The zero-order valence-electron chi connectivity index (χ0n) is 14.0. The monoisotopic (exact) mass is 333 g/mol. The Bertz CT molecular complexity index is 1010. The Kier molecular flexibility index (Phi) is 4.26. The third kappa shape index (κ3) is 3.29. The average molecular weight is 333 g/mol. The van der Waals surface area contributed by atoms with E-state index in [0.717, 1.165) is 41.0 Å². The average Bonchev–Trinajstić information content (AvgIpc) is 3.04. The van der Waals surface area contributed by atoms with Gasteiger partial charge in [0.2, 0.25) is 0 Å². The number of methoxy groups -OCH3 is 1. The summed E-state index contributed by atoms with van der Waals surface area (Å²) in [6.07, 6.45) is 4.46. The summed E-state index contributed by atoms with van der Waals surface area (Å²) in [7, 11) is 1.69. The van der Waals surface area contributed by atoms with Crippen molar-refractivity contribution in [3.8, 4) is 0 Å². The Morgan fingerprint density at radius 3 is 3.00 bits per heavy atom. The van der Waals surface area contributed by atoms with E-state index in [1.54, 1.807) is 7.11 Å². The highest BCUT2D eigenvalue weighted by Crippen LogP contribution is 2.17. The van der Waals surface area contributed by atoms with Crippen molar-refractivity contribution in [2.45, 2.75) is 6.42 Å². The fraction of sp³-hybridized carbons (Fsp3) is 0.211. The van der Waals surface area contributed by atoms with Crippen LogP contribution in [0.25, 0.3) is 16.6 Å². The van der Waals surface area contributed by atoms with Gasteiger partial charge in [-0.1, -0.05) is 12.1 Å². The first-order valence-corrected chi connectivity index (χ1v) is 8.23. The third-order valence-corrected chi connectivity index (χ3v) is 4.10.